The van der Waals surface area contributed by atoms with Gasteiger partial charge in [-0.25, -0.2) is 13.2 Å². The molecule has 8 nitrogen and oxygen atoms in total. The number of ether oxygens (including phenoxy) is 3. The first-order valence-electron chi connectivity index (χ1n) is 9.06. The molecule has 1 aliphatic rings. The van der Waals surface area contributed by atoms with Gasteiger partial charge in [0.15, 0.2) is 11.5 Å². The minimum absolute atomic E-state index is 0.0417. The van der Waals surface area contributed by atoms with E-state index in [0.717, 1.165) is 9.87 Å². The Kier molecular flexibility index (Phi) is 6.04. The Labute approximate surface area is 175 Å². The van der Waals surface area contributed by atoms with E-state index in [-0.39, 0.29) is 17.0 Å². The monoisotopic (exact) mass is 433 g/mol. The fraction of sp³-hybridized carbons (Fsp3) is 0.286. The van der Waals surface area contributed by atoms with Gasteiger partial charge >= 0.3 is 5.97 Å². The van der Waals surface area contributed by atoms with E-state index in [1.165, 1.54) is 39.5 Å². The summed E-state index contributed by atoms with van der Waals surface area (Å²) < 4.78 is 43.9. The molecule has 1 aliphatic heterocycles. The quantitative estimate of drug-likeness (QED) is 0.716. The summed E-state index contributed by atoms with van der Waals surface area (Å²) in [6.07, 6.45) is 1.40. The highest BCUT2D eigenvalue weighted by Gasteiger charge is 2.41. The van der Waals surface area contributed by atoms with E-state index in [1.54, 1.807) is 24.3 Å². The molecule has 0 amide bonds. The van der Waals surface area contributed by atoms with Crippen molar-refractivity contribution in [1.29, 1.82) is 0 Å². The molecule has 1 N–H and O–H groups in total. The second kappa shape index (κ2) is 8.37. The first kappa shape index (κ1) is 21.7. The molecular weight excluding hydrogens is 410 g/mol. The Morgan fingerprint density at radius 2 is 1.60 bits per heavy atom. The molecule has 160 valence electrons. The first-order chi connectivity index (χ1) is 14.2. The Balaban J connectivity index is 2.16. The topological polar surface area (TPSA) is 102 Å². The second-order valence-corrected chi connectivity index (χ2v) is 8.60. The van der Waals surface area contributed by atoms with Crippen LogP contribution in [0.4, 0.5) is 0 Å². The lowest BCUT2D eigenvalue weighted by molar-refractivity contribution is -0.133. The number of hydrogen-bond donors (Lipinski definition) is 1. The molecule has 0 saturated heterocycles. The Bertz CT molecular complexity index is 1070. The van der Waals surface area contributed by atoms with Gasteiger partial charge in [0.05, 0.1) is 37.8 Å². The van der Waals surface area contributed by atoms with E-state index in [1.807, 2.05) is 6.92 Å². The van der Waals surface area contributed by atoms with Crippen LogP contribution in [0.25, 0.3) is 0 Å². The van der Waals surface area contributed by atoms with E-state index >= 15 is 0 Å². The molecule has 0 radical (unpaired) electrons. The number of nitrogens with zero attached hydrogens (tertiary/aromatic N) is 1. The molecular formula is C21H23NO7S. The van der Waals surface area contributed by atoms with Gasteiger partial charge in [-0.05, 0) is 36.8 Å². The summed E-state index contributed by atoms with van der Waals surface area (Å²) in [6.45, 7) is 1.79. The number of benzene rings is 2. The van der Waals surface area contributed by atoms with Crippen molar-refractivity contribution in [2.75, 3.05) is 27.9 Å². The lowest BCUT2D eigenvalue weighted by atomic mass is 10.00. The third-order valence-electron chi connectivity index (χ3n) is 4.95. The number of carbonyl (C=O) groups is 1. The highest BCUT2D eigenvalue weighted by molar-refractivity contribution is 7.89. The van der Waals surface area contributed by atoms with Gasteiger partial charge in [0.25, 0.3) is 0 Å². The van der Waals surface area contributed by atoms with Gasteiger partial charge in [0, 0.05) is 6.54 Å². The Morgan fingerprint density at radius 1 is 1.03 bits per heavy atom. The molecule has 0 bridgehead atoms. The molecule has 30 heavy (non-hydrogen) atoms. The molecule has 3 rings (SSSR count). The number of aliphatic carboxylic acids is 1. The first-order valence-corrected chi connectivity index (χ1v) is 10.5. The molecule has 2 aromatic rings. The Hall–Kier alpha value is -3.04. The molecule has 2 aromatic carbocycles. The van der Waals surface area contributed by atoms with E-state index in [0.29, 0.717) is 22.8 Å². The molecule has 0 aliphatic carbocycles. The highest BCUT2D eigenvalue weighted by atomic mass is 32.2. The van der Waals surface area contributed by atoms with E-state index in [4.69, 9.17) is 14.2 Å². The SMILES string of the molecule is COc1cc(C2C(C(=O)O)=CCN2S(=O)(=O)c2ccc(C)cc2)cc(OC)c1OC. The van der Waals surface area contributed by atoms with Crippen LogP contribution >= 0.6 is 0 Å². The summed E-state index contributed by atoms with van der Waals surface area (Å²) in [4.78, 5) is 12.0. The van der Waals surface area contributed by atoms with Crippen molar-refractivity contribution >= 4 is 16.0 Å². The number of carboxylic acid groups (broad SMARTS) is 1. The number of carboxylic acids is 1. The molecule has 0 spiro atoms. The predicted molar refractivity (Wildman–Crippen MR) is 110 cm³/mol. The number of methoxy groups -OCH3 is 3. The minimum atomic E-state index is -3.97. The minimum Gasteiger partial charge on any atom is -0.493 e. The maximum atomic E-state index is 13.3. The molecule has 1 unspecified atom stereocenters. The standard InChI is InChI=1S/C21H23NO7S/c1-13-5-7-15(8-6-13)30(25,26)22-10-9-16(21(23)24)19(22)14-11-17(27-2)20(29-4)18(12-14)28-3/h5-9,11-12,19H,10H2,1-4H3,(H,23,24). The van der Waals surface area contributed by atoms with Crippen LogP contribution < -0.4 is 14.2 Å². The molecule has 1 heterocycles. The predicted octanol–water partition coefficient (Wildman–Crippen LogP) is 2.78. The third kappa shape index (κ3) is 3.73. The number of sulfonamides is 1. The van der Waals surface area contributed by atoms with E-state index in [2.05, 4.69) is 0 Å². The van der Waals surface area contributed by atoms with Gasteiger partial charge in [-0.15, -0.1) is 0 Å². The van der Waals surface area contributed by atoms with Gasteiger partial charge in [-0.1, -0.05) is 23.8 Å². The van der Waals surface area contributed by atoms with Gasteiger partial charge in [0.1, 0.15) is 0 Å². The summed E-state index contributed by atoms with van der Waals surface area (Å²) >= 11 is 0. The number of rotatable bonds is 7. The average Bonchev–Trinajstić information content (AvgIpc) is 3.19. The van der Waals surface area contributed by atoms with Crippen LogP contribution in [0.15, 0.2) is 52.9 Å². The summed E-state index contributed by atoms with van der Waals surface area (Å²) in [5.74, 6) is -0.266. The maximum Gasteiger partial charge on any atom is 0.333 e. The normalized spacial score (nSPS) is 16.8. The van der Waals surface area contributed by atoms with Crippen molar-refractivity contribution in [1.82, 2.24) is 4.31 Å². The van der Waals surface area contributed by atoms with Crippen LogP contribution in [0.3, 0.4) is 0 Å². The maximum absolute atomic E-state index is 13.3. The summed E-state index contributed by atoms with van der Waals surface area (Å²) in [5, 5.41) is 9.71. The molecule has 0 saturated carbocycles. The fourth-order valence-corrected chi connectivity index (χ4v) is 4.99. The highest BCUT2D eigenvalue weighted by Crippen LogP contribution is 2.44. The summed E-state index contributed by atoms with van der Waals surface area (Å²) in [6, 6.07) is 8.48. The van der Waals surface area contributed by atoms with Gasteiger partial charge < -0.3 is 19.3 Å². The van der Waals surface area contributed by atoms with Crippen molar-refractivity contribution in [2.45, 2.75) is 17.9 Å². The lowest BCUT2D eigenvalue weighted by Crippen LogP contribution is -2.33. The molecule has 9 heteroatoms. The van der Waals surface area contributed by atoms with Gasteiger partial charge in [-0.2, -0.15) is 4.31 Å². The van der Waals surface area contributed by atoms with Crippen molar-refractivity contribution in [3.05, 3.63) is 59.2 Å². The molecule has 0 fully saturated rings. The summed E-state index contributed by atoms with van der Waals surface area (Å²) in [5.41, 5.74) is 1.27. The van der Waals surface area contributed by atoms with Crippen LogP contribution in [0.5, 0.6) is 17.2 Å². The number of aryl methyl sites for hydroxylation is 1. The van der Waals surface area contributed by atoms with Crippen molar-refractivity contribution in [3.8, 4) is 17.2 Å². The van der Waals surface area contributed by atoms with Crippen LogP contribution in [0, 0.1) is 6.92 Å². The molecule has 1 atom stereocenters. The van der Waals surface area contributed by atoms with Crippen LogP contribution in [-0.2, 0) is 14.8 Å². The zero-order valence-corrected chi connectivity index (χ0v) is 17.9. The molecule has 0 aromatic heterocycles. The zero-order chi connectivity index (χ0) is 22.1. The Morgan fingerprint density at radius 3 is 2.07 bits per heavy atom. The van der Waals surface area contributed by atoms with Crippen molar-refractivity contribution < 1.29 is 32.5 Å². The van der Waals surface area contributed by atoms with Crippen LogP contribution in [0.2, 0.25) is 0 Å². The van der Waals surface area contributed by atoms with E-state index < -0.39 is 22.0 Å². The lowest BCUT2D eigenvalue weighted by Gasteiger charge is -2.27. The third-order valence-corrected chi connectivity index (χ3v) is 6.80. The van der Waals surface area contributed by atoms with Crippen molar-refractivity contribution in [2.24, 2.45) is 0 Å². The van der Waals surface area contributed by atoms with Crippen molar-refractivity contribution in [3.63, 3.8) is 0 Å². The number of hydrogen-bond acceptors (Lipinski definition) is 6. The largest absolute Gasteiger partial charge is 0.493 e. The van der Waals surface area contributed by atoms with Crippen LogP contribution in [-0.4, -0.2) is 51.7 Å². The van der Waals surface area contributed by atoms with E-state index in [9.17, 15) is 18.3 Å². The smallest absolute Gasteiger partial charge is 0.333 e. The van der Waals surface area contributed by atoms with Gasteiger partial charge in [0.2, 0.25) is 15.8 Å². The van der Waals surface area contributed by atoms with Gasteiger partial charge in [-0.3, -0.25) is 0 Å². The fourth-order valence-electron chi connectivity index (χ4n) is 3.45. The summed E-state index contributed by atoms with van der Waals surface area (Å²) in [7, 11) is 0.352. The van der Waals surface area contributed by atoms with Crippen LogP contribution in [0.1, 0.15) is 17.2 Å². The zero-order valence-electron chi connectivity index (χ0n) is 17.1. The second-order valence-electron chi connectivity index (χ2n) is 6.71. The average molecular weight is 433 g/mol.